The molecule has 0 bridgehead atoms. The lowest BCUT2D eigenvalue weighted by Crippen LogP contribution is -2.54. The highest BCUT2D eigenvalue weighted by Crippen LogP contribution is 2.25. The molecule has 234 valence electrons. The molecule has 0 aliphatic rings. The molecule has 0 aliphatic heterocycles. The summed E-state index contributed by atoms with van der Waals surface area (Å²) in [7, 11) is 0. The van der Waals surface area contributed by atoms with Gasteiger partial charge in [0.15, 0.2) is 0 Å². The summed E-state index contributed by atoms with van der Waals surface area (Å²) in [4.78, 5) is 43.0. The molecule has 0 spiro atoms. The average molecular weight is 590 g/mol. The third kappa shape index (κ3) is 12.9. The molecule has 0 fully saturated rings. The van der Waals surface area contributed by atoms with Crippen LogP contribution in [0, 0.1) is 12.3 Å². The van der Waals surface area contributed by atoms with E-state index in [2.05, 4.69) is 30.4 Å². The van der Waals surface area contributed by atoms with Crippen LogP contribution in [0.15, 0.2) is 54.6 Å². The van der Waals surface area contributed by atoms with Crippen molar-refractivity contribution in [2.45, 2.75) is 110 Å². The first-order valence-electron chi connectivity index (χ1n) is 15.8. The molecule has 2 aromatic rings. The zero-order valence-corrected chi connectivity index (χ0v) is 26.8. The summed E-state index contributed by atoms with van der Waals surface area (Å²) in [5, 5.41) is 5.87. The quantitative estimate of drug-likeness (QED) is 0.154. The Balaban J connectivity index is 2.51. The molecule has 2 aromatic carbocycles. The molecule has 2 unspecified atom stereocenters. The monoisotopic (exact) mass is 589 g/mol. The summed E-state index contributed by atoms with van der Waals surface area (Å²) in [5.41, 5.74) is 1.52. The van der Waals surface area contributed by atoms with E-state index >= 15 is 0 Å². The van der Waals surface area contributed by atoms with Crippen molar-refractivity contribution in [1.82, 2.24) is 15.5 Å². The van der Waals surface area contributed by atoms with Crippen LogP contribution in [-0.4, -0.2) is 47.5 Å². The Morgan fingerprint density at radius 3 is 2.12 bits per heavy atom. The number of nitrogens with one attached hydrogen (secondary N) is 2. The lowest BCUT2D eigenvalue weighted by atomic mass is 9.98. The Kier molecular flexibility index (Phi) is 15.4. The third-order valence-electron chi connectivity index (χ3n) is 7.09. The molecular formula is C36H51N3O4. The number of unbranched alkanes of at least 4 members (excludes halogenated alkanes) is 6. The zero-order valence-electron chi connectivity index (χ0n) is 26.8. The normalized spacial score (nSPS) is 12.5. The molecule has 0 heterocycles. The van der Waals surface area contributed by atoms with Gasteiger partial charge in [-0.2, -0.15) is 0 Å². The van der Waals surface area contributed by atoms with Crippen LogP contribution in [0.1, 0.15) is 109 Å². The predicted octanol–water partition coefficient (Wildman–Crippen LogP) is 6.95. The van der Waals surface area contributed by atoms with Gasteiger partial charge in [0, 0.05) is 25.1 Å². The molecule has 0 radical (unpaired) electrons. The van der Waals surface area contributed by atoms with Gasteiger partial charge in [0.1, 0.15) is 17.7 Å². The van der Waals surface area contributed by atoms with Crippen molar-refractivity contribution in [2.24, 2.45) is 0 Å². The van der Waals surface area contributed by atoms with E-state index in [0.29, 0.717) is 24.2 Å². The van der Waals surface area contributed by atoms with Crippen LogP contribution < -0.4 is 10.6 Å². The number of nitrogens with zero attached hydrogens (tertiary/aromatic N) is 1. The molecule has 3 amide bonds. The third-order valence-corrected chi connectivity index (χ3v) is 7.09. The summed E-state index contributed by atoms with van der Waals surface area (Å²) < 4.78 is 5.54. The number of ether oxygens (including phenoxy) is 1. The predicted molar refractivity (Wildman–Crippen MR) is 173 cm³/mol. The van der Waals surface area contributed by atoms with E-state index in [0.717, 1.165) is 50.5 Å². The van der Waals surface area contributed by atoms with Crippen molar-refractivity contribution in [3.63, 3.8) is 0 Å². The first kappa shape index (κ1) is 35.4. The summed E-state index contributed by atoms with van der Waals surface area (Å²) in [6.07, 6.45) is 13.1. The lowest BCUT2D eigenvalue weighted by molar-refractivity contribution is -0.142. The number of amides is 3. The van der Waals surface area contributed by atoms with Crippen LogP contribution in [0.4, 0.5) is 4.79 Å². The van der Waals surface area contributed by atoms with Crippen LogP contribution in [0.5, 0.6) is 0 Å². The highest BCUT2D eigenvalue weighted by atomic mass is 16.6. The summed E-state index contributed by atoms with van der Waals surface area (Å²) >= 11 is 0. The van der Waals surface area contributed by atoms with Crippen LogP contribution >= 0.6 is 0 Å². The molecular weight excluding hydrogens is 538 g/mol. The summed E-state index contributed by atoms with van der Waals surface area (Å²) in [6.45, 7) is 10.5. The standard InChI is InChI=1S/C36H51N3O4/c1-7-10-12-13-14-18-26-39(32(33(40)37-25-11-8-2)30-23-21-28(9-3)22-24-30)34(41)31(27-29-19-16-15-17-20-29)38-35(42)43-36(4,5)6/h3,15-17,19-24,31-32H,7-8,10-14,18,25-27H2,1-2,4-6H3,(H,37,40)(H,38,42). The Morgan fingerprint density at radius 1 is 0.884 bits per heavy atom. The fraction of sp³-hybridized carbons (Fsp3) is 0.528. The van der Waals surface area contributed by atoms with Gasteiger partial charge in [-0.25, -0.2) is 4.79 Å². The van der Waals surface area contributed by atoms with Crippen molar-refractivity contribution in [1.29, 1.82) is 0 Å². The lowest BCUT2D eigenvalue weighted by Gasteiger charge is -2.35. The van der Waals surface area contributed by atoms with Gasteiger partial charge in [0.2, 0.25) is 11.8 Å². The second-order valence-electron chi connectivity index (χ2n) is 12.0. The van der Waals surface area contributed by atoms with Gasteiger partial charge in [-0.15, -0.1) is 6.42 Å². The Morgan fingerprint density at radius 2 is 1.51 bits per heavy atom. The minimum Gasteiger partial charge on any atom is -0.444 e. The first-order valence-corrected chi connectivity index (χ1v) is 15.8. The number of hydrogen-bond acceptors (Lipinski definition) is 4. The molecule has 43 heavy (non-hydrogen) atoms. The van der Waals surface area contributed by atoms with Gasteiger partial charge in [-0.3, -0.25) is 9.59 Å². The second kappa shape index (κ2) is 18.7. The van der Waals surface area contributed by atoms with E-state index in [4.69, 9.17) is 11.2 Å². The van der Waals surface area contributed by atoms with E-state index in [-0.39, 0.29) is 18.2 Å². The van der Waals surface area contributed by atoms with Crippen molar-refractivity contribution < 1.29 is 19.1 Å². The van der Waals surface area contributed by atoms with Crippen molar-refractivity contribution in [3.8, 4) is 12.3 Å². The molecule has 7 heteroatoms. The van der Waals surface area contributed by atoms with Crippen LogP contribution in [0.25, 0.3) is 0 Å². The zero-order chi connectivity index (χ0) is 31.7. The van der Waals surface area contributed by atoms with Gasteiger partial charge < -0.3 is 20.3 Å². The van der Waals surface area contributed by atoms with Gasteiger partial charge in [0.25, 0.3) is 0 Å². The first-order chi connectivity index (χ1) is 20.6. The average Bonchev–Trinajstić information content (AvgIpc) is 2.97. The van der Waals surface area contributed by atoms with E-state index < -0.39 is 23.8 Å². The SMILES string of the molecule is C#Cc1ccc(C(C(=O)NCCCC)N(CCCCCCCC)C(=O)C(Cc2ccccc2)NC(=O)OC(C)(C)C)cc1. The fourth-order valence-electron chi connectivity index (χ4n) is 4.85. The van der Waals surface area contributed by atoms with E-state index in [1.54, 1.807) is 37.8 Å². The maximum atomic E-state index is 14.5. The summed E-state index contributed by atoms with van der Waals surface area (Å²) in [6, 6.07) is 14.9. The van der Waals surface area contributed by atoms with Gasteiger partial charge >= 0.3 is 6.09 Å². The number of hydrogen-bond donors (Lipinski definition) is 2. The maximum absolute atomic E-state index is 14.5. The molecule has 2 N–H and O–H groups in total. The Labute approximate surface area is 259 Å². The van der Waals surface area contributed by atoms with Gasteiger partial charge in [0.05, 0.1) is 0 Å². The topological polar surface area (TPSA) is 87.7 Å². The molecule has 2 atom stereocenters. The molecule has 0 saturated carbocycles. The minimum atomic E-state index is -0.937. The maximum Gasteiger partial charge on any atom is 0.408 e. The minimum absolute atomic E-state index is 0.253. The number of carbonyl (C=O) groups excluding carboxylic acids is 3. The smallest absolute Gasteiger partial charge is 0.408 e. The molecule has 2 rings (SSSR count). The molecule has 0 saturated heterocycles. The van der Waals surface area contributed by atoms with E-state index in [9.17, 15) is 14.4 Å². The Hall–Kier alpha value is -3.79. The fourth-order valence-corrected chi connectivity index (χ4v) is 4.85. The Bertz CT molecular complexity index is 1170. The number of alkyl carbamates (subject to hydrolysis) is 1. The van der Waals surface area contributed by atoms with Crippen LogP contribution in [-0.2, 0) is 20.7 Å². The largest absolute Gasteiger partial charge is 0.444 e. The summed E-state index contributed by atoms with van der Waals surface area (Å²) in [5.74, 6) is 2.03. The highest BCUT2D eigenvalue weighted by Gasteiger charge is 2.36. The second-order valence-corrected chi connectivity index (χ2v) is 12.0. The highest BCUT2D eigenvalue weighted by molar-refractivity contribution is 5.92. The van der Waals surface area contributed by atoms with Crippen molar-refractivity contribution in [2.75, 3.05) is 13.1 Å². The van der Waals surface area contributed by atoms with Gasteiger partial charge in [-0.1, -0.05) is 101 Å². The number of benzene rings is 2. The van der Waals surface area contributed by atoms with Crippen molar-refractivity contribution in [3.05, 3.63) is 71.3 Å². The van der Waals surface area contributed by atoms with E-state index in [1.165, 1.54) is 6.42 Å². The van der Waals surface area contributed by atoms with Crippen LogP contribution in [0.3, 0.4) is 0 Å². The van der Waals surface area contributed by atoms with E-state index in [1.807, 2.05) is 42.5 Å². The van der Waals surface area contributed by atoms with Gasteiger partial charge in [-0.05, 0) is 56.9 Å². The number of terminal acetylenes is 1. The molecule has 0 aromatic heterocycles. The number of rotatable bonds is 17. The molecule has 7 nitrogen and oxygen atoms in total. The molecule has 0 aliphatic carbocycles. The number of carbonyl (C=O) groups is 3. The van der Waals surface area contributed by atoms with Crippen molar-refractivity contribution >= 4 is 17.9 Å². The van der Waals surface area contributed by atoms with Crippen LogP contribution in [0.2, 0.25) is 0 Å².